The number of nitrogens with zero attached hydrogens (tertiary/aromatic N) is 3. The van der Waals surface area contributed by atoms with Crippen molar-refractivity contribution in [2.24, 2.45) is 0 Å². The largest absolute Gasteiger partial charge is 0.472 e. The molecular weight excluding hydrogens is 378 g/mol. The molecule has 3 aromatic rings. The predicted octanol–water partition coefficient (Wildman–Crippen LogP) is 3.77. The Morgan fingerprint density at radius 2 is 1.96 bits per heavy atom. The fourth-order valence-corrected chi connectivity index (χ4v) is 2.86. The molecule has 10 heteroatoms. The highest BCUT2D eigenvalue weighted by Crippen LogP contribution is 2.28. The van der Waals surface area contributed by atoms with Gasteiger partial charge in [0.05, 0.1) is 12.7 Å². The molecule has 0 aliphatic carbocycles. The third kappa shape index (κ3) is 4.53. The molecule has 2 heterocycles. The van der Waals surface area contributed by atoms with E-state index >= 15 is 0 Å². The van der Waals surface area contributed by atoms with Crippen LogP contribution >= 0.6 is 11.3 Å². The summed E-state index contributed by atoms with van der Waals surface area (Å²) in [5, 5.41) is 10.8. The van der Waals surface area contributed by atoms with Crippen LogP contribution in [0.5, 0.6) is 10.9 Å². The first-order valence-corrected chi connectivity index (χ1v) is 8.48. The molecule has 0 fully saturated rings. The standard InChI is InChI=1S/C17H14F2N4O3S/c1-9-7-12(10-3-5-11(6-4-10)26-15(18)19)13(8-20-9)14(24)21-16-22-23-17(25-2)27-16/h3-8,15H,1-2H3,(H,21,22,24). The Kier molecular flexibility index (Phi) is 5.55. The van der Waals surface area contributed by atoms with Crippen molar-refractivity contribution in [3.8, 4) is 22.1 Å². The lowest BCUT2D eigenvalue weighted by Gasteiger charge is -2.11. The van der Waals surface area contributed by atoms with Crippen molar-refractivity contribution in [1.82, 2.24) is 15.2 Å². The summed E-state index contributed by atoms with van der Waals surface area (Å²) in [5.74, 6) is -0.393. The number of amides is 1. The van der Waals surface area contributed by atoms with Crippen molar-refractivity contribution in [2.75, 3.05) is 12.4 Å². The SMILES string of the molecule is COc1nnc(NC(=O)c2cnc(C)cc2-c2ccc(OC(F)F)cc2)s1. The van der Waals surface area contributed by atoms with Gasteiger partial charge in [-0.25, -0.2) is 0 Å². The summed E-state index contributed by atoms with van der Waals surface area (Å²) >= 11 is 1.08. The maximum absolute atomic E-state index is 12.7. The molecule has 27 heavy (non-hydrogen) atoms. The zero-order valence-electron chi connectivity index (χ0n) is 14.3. The van der Waals surface area contributed by atoms with E-state index in [-0.39, 0.29) is 10.9 Å². The first-order valence-electron chi connectivity index (χ1n) is 7.67. The van der Waals surface area contributed by atoms with Crippen LogP contribution in [0.3, 0.4) is 0 Å². The molecule has 0 saturated heterocycles. The Labute approximate surface area is 157 Å². The van der Waals surface area contributed by atoms with Crippen molar-refractivity contribution in [1.29, 1.82) is 0 Å². The zero-order chi connectivity index (χ0) is 19.4. The van der Waals surface area contributed by atoms with Gasteiger partial charge in [0.15, 0.2) is 0 Å². The van der Waals surface area contributed by atoms with Crippen molar-refractivity contribution in [3.05, 3.63) is 47.8 Å². The molecule has 0 unspecified atom stereocenters. The Morgan fingerprint density at radius 3 is 2.59 bits per heavy atom. The number of hydrogen-bond acceptors (Lipinski definition) is 7. The second-order valence-corrected chi connectivity index (χ2v) is 6.25. The van der Waals surface area contributed by atoms with Crippen LogP contribution in [0.4, 0.5) is 13.9 Å². The number of methoxy groups -OCH3 is 1. The van der Waals surface area contributed by atoms with Gasteiger partial charge in [-0.15, -0.1) is 5.10 Å². The molecule has 7 nitrogen and oxygen atoms in total. The maximum Gasteiger partial charge on any atom is 0.387 e. The summed E-state index contributed by atoms with van der Waals surface area (Å²) in [7, 11) is 1.45. The van der Waals surface area contributed by atoms with Gasteiger partial charge in [0, 0.05) is 11.9 Å². The van der Waals surface area contributed by atoms with Gasteiger partial charge in [-0.1, -0.05) is 17.2 Å². The number of benzene rings is 1. The summed E-state index contributed by atoms with van der Waals surface area (Å²) in [6.07, 6.45) is 1.45. The molecular formula is C17H14F2N4O3S. The number of aromatic nitrogens is 3. The van der Waals surface area contributed by atoms with E-state index in [1.165, 1.54) is 25.4 Å². The molecule has 0 radical (unpaired) electrons. The van der Waals surface area contributed by atoms with Gasteiger partial charge in [-0.3, -0.25) is 15.1 Å². The molecule has 140 valence electrons. The topological polar surface area (TPSA) is 86.2 Å². The number of ether oxygens (including phenoxy) is 2. The summed E-state index contributed by atoms with van der Waals surface area (Å²) in [6.45, 7) is -1.11. The molecule has 0 bridgehead atoms. The number of nitrogens with one attached hydrogen (secondary N) is 1. The van der Waals surface area contributed by atoms with Crippen molar-refractivity contribution in [2.45, 2.75) is 13.5 Å². The van der Waals surface area contributed by atoms with Crippen LogP contribution < -0.4 is 14.8 Å². The number of rotatable bonds is 6. The first-order chi connectivity index (χ1) is 13.0. The van der Waals surface area contributed by atoms with Crippen LogP contribution in [0, 0.1) is 6.92 Å². The number of hydrogen-bond donors (Lipinski definition) is 1. The van der Waals surface area contributed by atoms with Gasteiger partial charge >= 0.3 is 6.61 Å². The normalized spacial score (nSPS) is 10.7. The minimum atomic E-state index is -2.90. The van der Waals surface area contributed by atoms with Crippen molar-refractivity contribution < 1.29 is 23.0 Å². The van der Waals surface area contributed by atoms with E-state index in [1.807, 2.05) is 0 Å². The molecule has 0 spiro atoms. The molecule has 0 atom stereocenters. The van der Waals surface area contributed by atoms with Gasteiger partial charge < -0.3 is 9.47 Å². The number of alkyl halides is 2. The van der Waals surface area contributed by atoms with Crippen LogP contribution in [0.2, 0.25) is 0 Å². The molecule has 1 amide bonds. The van der Waals surface area contributed by atoms with Crippen molar-refractivity contribution >= 4 is 22.4 Å². The monoisotopic (exact) mass is 392 g/mol. The smallest absolute Gasteiger partial charge is 0.387 e. The lowest BCUT2D eigenvalue weighted by molar-refractivity contribution is -0.0498. The molecule has 3 rings (SSSR count). The number of carbonyl (C=O) groups is 1. The summed E-state index contributed by atoms with van der Waals surface area (Å²) < 4.78 is 33.9. The lowest BCUT2D eigenvalue weighted by atomic mass is 10.00. The number of halogens is 2. The van der Waals surface area contributed by atoms with E-state index in [2.05, 4.69) is 25.2 Å². The maximum atomic E-state index is 12.7. The number of anilines is 1. The Balaban J connectivity index is 1.89. The highest BCUT2D eigenvalue weighted by atomic mass is 32.1. The Bertz CT molecular complexity index is 948. The lowest BCUT2D eigenvalue weighted by Crippen LogP contribution is -2.13. The Morgan fingerprint density at radius 1 is 1.22 bits per heavy atom. The average molecular weight is 392 g/mol. The second kappa shape index (κ2) is 8.04. The summed E-state index contributed by atoms with van der Waals surface area (Å²) in [4.78, 5) is 16.8. The highest BCUT2D eigenvalue weighted by molar-refractivity contribution is 7.17. The molecule has 1 N–H and O–H groups in total. The third-order valence-corrected chi connectivity index (χ3v) is 4.28. The van der Waals surface area contributed by atoms with E-state index in [4.69, 9.17) is 4.74 Å². The van der Waals surface area contributed by atoms with E-state index in [1.54, 1.807) is 25.1 Å². The van der Waals surface area contributed by atoms with Crippen LogP contribution in [0.1, 0.15) is 16.1 Å². The van der Waals surface area contributed by atoms with E-state index < -0.39 is 12.5 Å². The first kappa shape index (κ1) is 18.6. The zero-order valence-corrected chi connectivity index (χ0v) is 15.1. The molecule has 0 aliphatic heterocycles. The second-order valence-electron chi connectivity index (χ2n) is 5.31. The number of aryl methyl sites for hydroxylation is 1. The minimum Gasteiger partial charge on any atom is -0.472 e. The van der Waals surface area contributed by atoms with Gasteiger partial charge in [-0.2, -0.15) is 8.78 Å². The van der Waals surface area contributed by atoms with Crippen LogP contribution in [-0.4, -0.2) is 34.8 Å². The molecule has 0 aliphatic rings. The fraction of sp³-hybridized carbons (Fsp3) is 0.176. The van der Waals surface area contributed by atoms with E-state index in [0.29, 0.717) is 27.6 Å². The number of pyridine rings is 1. The van der Waals surface area contributed by atoms with Crippen LogP contribution in [-0.2, 0) is 0 Å². The molecule has 1 aromatic carbocycles. The molecule has 0 saturated carbocycles. The molecule has 2 aromatic heterocycles. The van der Waals surface area contributed by atoms with Crippen LogP contribution in [0.25, 0.3) is 11.1 Å². The van der Waals surface area contributed by atoms with Crippen LogP contribution in [0.15, 0.2) is 36.5 Å². The third-order valence-electron chi connectivity index (χ3n) is 3.48. The summed E-state index contributed by atoms with van der Waals surface area (Å²) in [6, 6.07) is 7.75. The van der Waals surface area contributed by atoms with Gasteiger partial charge in [0.2, 0.25) is 5.13 Å². The minimum absolute atomic E-state index is 0.0338. The number of carbonyl (C=O) groups excluding carboxylic acids is 1. The Hall–Kier alpha value is -3.14. The fourth-order valence-electron chi connectivity index (χ4n) is 2.30. The van der Waals surface area contributed by atoms with Gasteiger partial charge in [0.1, 0.15) is 5.75 Å². The summed E-state index contributed by atoms with van der Waals surface area (Å²) in [5.41, 5.74) is 2.26. The predicted molar refractivity (Wildman–Crippen MR) is 95.5 cm³/mol. The quantitative estimate of drug-likeness (QED) is 0.687. The van der Waals surface area contributed by atoms with Gasteiger partial charge in [0.25, 0.3) is 11.1 Å². The van der Waals surface area contributed by atoms with E-state index in [0.717, 1.165) is 11.3 Å². The van der Waals surface area contributed by atoms with Gasteiger partial charge in [-0.05, 0) is 47.6 Å². The highest BCUT2D eigenvalue weighted by Gasteiger charge is 2.17. The van der Waals surface area contributed by atoms with Crippen molar-refractivity contribution in [3.63, 3.8) is 0 Å². The van der Waals surface area contributed by atoms with E-state index in [9.17, 15) is 13.6 Å². The average Bonchev–Trinajstić information content (AvgIpc) is 3.09.